The Hall–Kier alpha value is -2.80. The van der Waals surface area contributed by atoms with Gasteiger partial charge in [-0.3, -0.25) is 0 Å². The van der Waals surface area contributed by atoms with Crippen molar-refractivity contribution in [1.82, 2.24) is 4.98 Å². The molecule has 2 heterocycles. The molecule has 0 saturated carbocycles. The quantitative estimate of drug-likeness (QED) is 0.794. The number of hydrogen-bond donors (Lipinski definition) is 1. The number of carboxylic acid groups (broad SMARTS) is 1. The molecule has 1 aromatic carbocycles. The van der Waals surface area contributed by atoms with Crippen molar-refractivity contribution in [2.24, 2.45) is 0 Å². The van der Waals surface area contributed by atoms with Gasteiger partial charge in [0.05, 0.1) is 11.3 Å². The van der Waals surface area contributed by atoms with E-state index in [1.54, 1.807) is 12.1 Å². The monoisotopic (exact) mass is 363 g/mol. The lowest BCUT2D eigenvalue weighted by atomic mass is 9.73. The summed E-state index contributed by atoms with van der Waals surface area (Å²) >= 11 is 0. The Balaban J connectivity index is 1.94. The zero-order valence-corrected chi connectivity index (χ0v) is 16.5. The molecule has 2 aromatic rings. The fourth-order valence-electron chi connectivity index (χ4n) is 3.91. The second kappa shape index (κ2) is 6.74. The number of ether oxygens (including phenoxy) is 1. The van der Waals surface area contributed by atoms with Gasteiger partial charge in [-0.25, -0.2) is 9.78 Å². The van der Waals surface area contributed by atoms with Crippen molar-refractivity contribution in [2.45, 2.75) is 58.5 Å². The number of carboxylic acids is 1. The van der Waals surface area contributed by atoms with Crippen molar-refractivity contribution in [3.05, 3.63) is 58.4 Å². The summed E-state index contributed by atoms with van der Waals surface area (Å²) in [6.45, 7) is 10.6. The van der Waals surface area contributed by atoms with Crippen molar-refractivity contribution in [3.8, 4) is 17.6 Å². The average Bonchev–Trinajstić information content (AvgIpc) is 2.57. The van der Waals surface area contributed by atoms with Crippen molar-refractivity contribution >= 4 is 5.97 Å². The zero-order chi connectivity index (χ0) is 19.8. The highest BCUT2D eigenvalue weighted by Gasteiger charge is 2.38. The highest BCUT2D eigenvalue weighted by molar-refractivity contribution is 5.88. The van der Waals surface area contributed by atoms with Gasteiger partial charge in [-0.05, 0) is 62.3 Å². The first kappa shape index (κ1) is 19.0. The fraction of sp³-hybridized carbons (Fsp3) is 0.391. The van der Waals surface area contributed by atoms with E-state index in [1.165, 1.54) is 5.56 Å². The smallest absolute Gasteiger partial charge is 0.337 e. The van der Waals surface area contributed by atoms with Crippen LogP contribution in [-0.4, -0.2) is 21.7 Å². The number of nitrogens with zero attached hydrogens (tertiary/aromatic N) is 1. The Morgan fingerprint density at radius 2 is 1.93 bits per heavy atom. The van der Waals surface area contributed by atoms with Gasteiger partial charge < -0.3 is 9.84 Å². The third-order valence-corrected chi connectivity index (χ3v) is 4.84. The Kier molecular flexibility index (Phi) is 4.73. The van der Waals surface area contributed by atoms with Crippen molar-refractivity contribution in [3.63, 3.8) is 0 Å². The average molecular weight is 363 g/mol. The topological polar surface area (TPSA) is 59.4 Å². The third-order valence-electron chi connectivity index (χ3n) is 4.84. The molecule has 0 saturated heterocycles. The summed E-state index contributed by atoms with van der Waals surface area (Å²) in [5.74, 6) is 6.09. The third kappa shape index (κ3) is 3.98. The molecule has 27 heavy (non-hydrogen) atoms. The molecule has 0 aliphatic carbocycles. The molecule has 0 amide bonds. The molecule has 4 heteroatoms. The van der Waals surface area contributed by atoms with Gasteiger partial charge in [0.25, 0.3) is 0 Å². The number of aromatic nitrogens is 1. The molecule has 0 unspecified atom stereocenters. The maximum atomic E-state index is 11.2. The lowest BCUT2D eigenvalue weighted by Crippen LogP contribution is -2.41. The van der Waals surface area contributed by atoms with Gasteiger partial charge in [0.1, 0.15) is 17.0 Å². The second-order valence-corrected chi connectivity index (χ2v) is 8.23. The minimum atomic E-state index is -0.962. The van der Waals surface area contributed by atoms with Crippen LogP contribution >= 0.6 is 0 Å². The lowest BCUT2D eigenvalue weighted by Gasteiger charge is -2.42. The molecule has 0 bridgehead atoms. The molecule has 1 aliphatic heterocycles. The molecule has 0 spiro atoms. The normalized spacial score (nSPS) is 16.5. The van der Waals surface area contributed by atoms with Crippen LogP contribution in [0, 0.1) is 11.8 Å². The van der Waals surface area contributed by atoms with Gasteiger partial charge in [0, 0.05) is 11.1 Å². The summed E-state index contributed by atoms with van der Waals surface area (Å²) in [5.41, 5.74) is 3.23. The number of aryl methyl sites for hydroxylation is 1. The second-order valence-electron chi connectivity index (χ2n) is 8.23. The summed E-state index contributed by atoms with van der Waals surface area (Å²) in [4.78, 5) is 15.6. The Morgan fingerprint density at radius 3 is 2.59 bits per heavy atom. The van der Waals surface area contributed by atoms with Crippen LogP contribution in [0.25, 0.3) is 0 Å². The molecule has 140 valence electrons. The van der Waals surface area contributed by atoms with E-state index in [2.05, 4.69) is 50.6 Å². The number of fused-ring (bicyclic) bond motifs is 1. The first-order valence-corrected chi connectivity index (χ1v) is 9.20. The highest BCUT2D eigenvalue weighted by atomic mass is 16.5. The van der Waals surface area contributed by atoms with E-state index in [9.17, 15) is 9.90 Å². The first-order valence-electron chi connectivity index (χ1n) is 9.20. The summed E-state index contributed by atoms with van der Waals surface area (Å²) in [6, 6.07) is 9.29. The van der Waals surface area contributed by atoms with Gasteiger partial charge in [0.15, 0.2) is 0 Å². The van der Waals surface area contributed by atoms with Gasteiger partial charge >= 0.3 is 5.97 Å². The largest absolute Gasteiger partial charge is 0.487 e. The van der Waals surface area contributed by atoms with Crippen LogP contribution in [0.2, 0.25) is 0 Å². The Morgan fingerprint density at radius 1 is 1.19 bits per heavy atom. The van der Waals surface area contributed by atoms with E-state index < -0.39 is 5.97 Å². The van der Waals surface area contributed by atoms with E-state index in [0.717, 1.165) is 17.7 Å². The van der Waals surface area contributed by atoms with Gasteiger partial charge in [-0.15, -0.1) is 0 Å². The van der Waals surface area contributed by atoms with Crippen LogP contribution < -0.4 is 4.74 Å². The summed E-state index contributed by atoms with van der Waals surface area (Å²) in [7, 11) is 0. The SMILES string of the molecule is CCc1nc(C#Cc2ccc3c(c2)OC(C)(C)CC3(C)C)ccc1C(=O)O. The van der Waals surface area contributed by atoms with Gasteiger partial charge in [-0.2, -0.15) is 0 Å². The molecular formula is C23H25NO3. The summed E-state index contributed by atoms with van der Waals surface area (Å²) < 4.78 is 6.18. The number of aromatic carboxylic acids is 1. The highest BCUT2D eigenvalue weighted by Crippen LogP contribution is 2.44. The van der Waals surface area contributed by atoms with Crippen LogP contribution in [-0.2, 0) is 11.8 Å². The number of pyridine rings is 1. The fourth-order valence-corrected chi connectivity index (χ4v) is 3.91. The van der Waals surface area contributed by atoms with Gasteiger partial charge in [0.2, 0.25) is 0 Å². The predicted molar refractivity (Wildman–Crippen MR) is 105 cm³/mol. The summed E-state index contributed by atoms with van der Waals surface area (Å²) in [5, 5.41) is 9.20. The van der Waals surface area contributed by atoms with Crippen LogP contribution in [0.4, 0.5) is 0 Å². The molecule has 1 aliphatic rings. The molecule has 0 radical (unpaired) electrons. The van der Waals surface area contributed by atoms with Gasteiger partial charge in [-0.1, -0.05) is 32.8 Å². The minimum absolute atomic E-state index is 0.0489. The molecule has 3 rings (SSSR count). The lowest BCUT2D eigenvalue weighted by molar-refractivity contribution is 0.0533. The van der Waals surface area contributed by atoms with E-state index >= 15 is 0 Å². The van der Waals surface area contributed by atoms with E-state index in [0.29, 0.717) is 17.8 Å². The maximum Gasteiger partial charge on any atom is 0.337 e. The summed E-state index contributed by atoms with van der Waals surface area (Å²) in [6.07, 6.45) is 1.51. The standard InChI is InChI=1S/C23H25NO3/c1-6-19-17(21(25)26)11-10-16(24-19)9-7-15-8-12-18-20(13-15)27-23(4,5)14-22(18,2)3/h8,10-13H,6,14H2,1-5H3,(H,25,26). The maximum absolute atomic E-state index is 11.2. The zero-order valence-electron chi connectivity index (χ0n) is 16.5. The molecular weight excluding hydrogens is 338 g/mol. The number of benzene rings is 1. The molecule has 0 atom stereocenters. The van der Waals surface area contributed by atoms with Crippen LogP contribution in [0.15, 0.2) is 30.3 Å². The van der Waals surface area contributed by atoms with E-state index in [4.69, 9.17) is 4.74 Å². The van der Waals surface area contributed by atoms with E-state index in [1.807, 2.05) is 19.1 Å². The Labute approximate surface area is 160 Å². The molecule has 0 fully saturated rings. The molecule has 1 aromatic heterocycles. The van der Waals surface area contributed by atoms with Crippen molar-refractivity contribution < 1.29 is 14.6 Å². The molecule has 4 nitrogen and oxygen atoms in total. The van der Waals surface area contributed by atoms with Crippen LogP contribution in [0.1, 0.15) is 73.9 Å². The van der Waals surface area contributed by atoms with Crippen molar-refractivity contribution in [1.29, 1.82) is 0 Å². The number of rotatable bonds is 2. The van der Waals surface area contributed by atoms with E-state index in [-0.39, 0.29) is 16.6 Å². The van der Waals surface area contributed by atoms with Crippen molar-refractivity contribution in [2.75, 3.05) is 0 Å². The Bertz CT molecular complexity index is 961. The van der Waals surface area contributed by atoms with Crippen LogP contribution in [0.3, 0.4) is 0 Å². The predicted octanol–water partition coefficient (Wildman–Crippen LogP) is 4.58. The first-order chi connectivity index (χ1) is 12.6. The minimum Gasteiger partial charge on any atom is -0.487 e. The molecule has 1 N–H and O–H groups in total. The van der Waals surface area contributed by atoms with Crippen LogP contribution in [0.5, 0.6) is 5.75 Å². The number of hydrogen-bond acceptors (Lipinski definition) is 3. The number of carbonyl (C=O) groups is 1.